The number of likely N-dealkylation sites (N-methyl/N-ethyl adjacent to an activating group) is 1. The average molecular weight is 2020 g/mol. The molecule has 1 fully saturated rings. The van der Waals surface area contributed by atoms with Crippen molar-refractivity contribution in [1.29, 1.82) is 5.41 Å². The Morgan fingerprint density at radius 3 is 1.41 bits per heavy atom. The first-order chi connectivity index (χ1) is 68.1. The molecule has 1 aliphatic rings. The Hall–Kier alpha value is -15.1. The number of hydrogen-bond donors (Lipinski definition) is 24. The number of carboxylic acid groups (broad SMARTS) is 3. The molecular formula is C99H134N20O24S. The van der Waals surface area contributed by atoms with Crippen molar-refractivity contribution in [3.05, 3.63) is 162 Å². The number of aromatic nitrogens is 1. The first-order valence-corrected chi connectivity index (χ1v) is 48.5. The van der Waals surface area contributed by atoms with E-state index in [9.17, 15) is 83.1 Å². The van der Waals surface area contributed by atoms with Gasteiger partial charge in [0.1, 0.15) is 96.4 Å². The number of thioether (sulfide) groups is 1. The van der Waals surface area contributed by atoms with Crippen LogP contribution in [0.15, 0.2) is 140 Å². The van der Waals surface area contributed by atoms with Crippen LogP contribution in [-0.2, 0) is 117 Å². The van der Waals surface area contributed by atoms with Crippen molar-refractivity contribution in [3.8, 4) is 16.9 Å². The van der Waals surface area contributed by atoms with Gasteiger partial charge >= 0.3 is 17.9 Å². The lowest BCUT2D eigenvalue weighted by atomic mass is 9.98. The summed E-state index contributed by atoms with van der Waals surface area (Å²) >= 11 is 0.626. The van der Waals surface area contributed by atoms with Gasteiger partial charge in [0.05, 0.1) is 18.3 Å². The second kappa shape index (κ2) is 56.6. The number of primary amides is 1. The molecular weight excluding hydrogens is 1890 g/mol. The Bertz CT molecular complexity index is 5500. The van der Waals surface area contributed by atoms with Crippen molar-refractivity contribution in [2.75, 3.05) is 25.1 Å². The zero-order valence-corrected chi connectivity index (χ0v) is 83.0. The van der Waals surface area contributed by atoms with E-state index in [0.717, 1.165) is 23.0 Å². The van der Waals surface area contributed by atoms with Crippen molar-refractivity contribution in [1.82, 2.24) is 89.6 Å². The Kier molecular flexibility index (Phi) is 45.5. The maximum absolute atomic E-state index is 15.5. The molecule has 1 saturated heterocycles. The standard InChI is InChI=1S/C99H134N20O24S/c1-51(2)41-69-87(132)107-67(27-20-40-103-99(101)102)86(131)110-70(42-52(3)4)92(137)117-82(54(7)8)96(141)118-83(56(10)120)97(142)115-76(94(139)106-66(84(100)129)36-38-78(123)124)49-144-50-77(122)105-71(43-57-21-14-12-15-22-57)88(133)111-72(45-59-30-34-63(121)35-31-59)90(135)113-75(47-80(127)128)91(136)112-74(46-62-48-104-65-26-19-18-25-64(62)65)93(138)116-81(53(5)6)95(140)114-73(44-58-28-32-61(33-29-58)60-23-16-13-17-24-60)89(134)108-68(37-39-79(125)126)98(143)119(11)55(9)85(130)109-69/h12-19,21-26,28-35,48,51-56,66-76,81-83,104,120-121H,20,27,36-47,49-50H2,1-11H3,(H2,100,129)(H,105,122)(H,106,139)(H,107,132)(H,108,134)(H,109,130)(H,110,131)(H,111,133)(H,112,136)(H,113,135)(H,114,140)(H,115,142)(H,116,138)(H,117,137)(H,118,141)(H,123,124)(H,125,126)(H,127,128)(H4,101,102,103)/t55-,56+,66-,67-,68-,69+,70-,71-,72-,73-,74-,75-,76-,81-,82-,83-/m0/s1. The molecule has 144 heavy (non-hydrogen) atoms. The maximum Gasteiger partial charge on any atom is 0.305 e. The molecule has 5 aromatic carbocycles. The minimum Gasteiger partial charge on any atom is -0.508 e. The van der Waals surface area contributed by atoms with E-state index in [4.69, 9.17) is 16.9 Å². The summed E-state index contributed by atoms with van der Waals surface area (Å²) in [5.41, 5.74) is 14.8. The van der Waals surface area contributed by atoms with Gasteiger partial charge in [0, 0.05) is 75.0 Å². The minimum atomic E-state index is -2.12. The normalized spacial score (nSPS) is 22.8. The number of carbonyl (C=O) groups excluding carboxylic acids is 16. The Labute approximate surface area is 837 Å². The van der Waals surface area contributed by atoms with Crippen molar-refractivity contribution >= 4 is 141 Å². The van der Waals surface area contributed by atoms with Crippen molar-refractivity contribution in [2.24, 2.45) is 35.1 Å². The number of aromatic amines is 1. The molecule has 16 amide bonds. The fourth-order valence-electron chi connectivity index (χ4n) is 15.7. The summed E-state index contributed by atoms with van der Waals surface area (Å²) in [6.45, 7) is 15.2. The van der Waals surface area contributed by atoms with E-state index in [1.165, 1.54) is 72.1 Å². The molecule has 16 atom stereocenters. The van der Waals surface area contributed by atoms with Gasteiger partial charge in [0.2, 0.25) is 94.5 Å². The second-order valence-corrected chi connectivity index (χ2v) is 38.1. The van der Waals surface area contributed by atoms with E-state index in [2.05, 4.69) is 84.7 Å². The van der Waals surface area contributed by atoms with E-state index in [0.29, 0.717) is 39.4 Å². The van der Waals surface area contributed by atoms with Crippen LogP contribution in [0.5, 0.6) is 5.75 Å². The first-order valence-electron chi connectivity index (χ1n) is 47.4. The summed E-state index contributed by atoms with van der Waals surface area (Å²) in [5, 5.41) is 98.8. The minimum absolute atomic E-state index is 0.0224. The lowest BCUT2D eigenvalue weighted by Crippen LogP contribution is -2.63. The molecule has 0 spiro atoms. The summed E-state index contributed by atoms with van der Waals surface area (Å²) in [5.74, 6) is -26.6. The molecule has 2 heterocycles. The SMILES string of the molecule is CC(C)C[C@@H]1NC(=O)[C@H](CCCNC(=N)N)NC(=O)[C@@H](CC(C)C)NC(=O)[C@H](C)N(C)C(=O)[C@H](CCC(=O)O)NC(=O)[C@H](Cc2ccc(-c3ccccc3)cc2)NC(=O)[C@H](C(C)C)NC(=O)[C@H](Cc2c[nH]c3ccccc23)NC(=O)[C@H](CC(=O)O)NC(=O)[C@H](Cc2ccc(O)cc2)NC(=O)[C@H](Cc2ccccc2)NC(=O)CSC[C@@H](C(=O)N[C@@H](CCC(=O)O)C(N)=O)NC(=O)[C@H]([C@@H](C)O)NC(=O)[C@H](C(C)C)NC1=O. The van der Waals surface area contributed by atoms with Gasteiger partial charge in [0.25, 0.3) is 0 Å². The van der Waals surface area contributed by atoms with Crippen LogP contribution in [0.4, 0.5) is 0 Å². The van der Waals surface area contributed by atoms with Crippen LogP contribution >= 0.6 is 11.8 Å². The highest BCUT2D eigenvalue weighted by Crippen LogP contribution is 2.25. The Morgan fingerprint density at radius 2 is 0.882 bits per heavy atom. The summed E-state index contributed by atoms with van der Waals surface area (Å²) in [6.07, 6.45) is -6.18. The fourth-order valence-corrected chi connectivity index (χ4v) is 16.5. The molecule has 0 radical (unpaired) electrons. The van der Waals surface area contributed by atoms with Crippen LogP contribution < -0.4 is 91.2 Å². The largest absolute Gasteiger partial charge is 0.508 e. The summed E-state index contributed by atoms with van der Waals surface area (Å²) in [6, 6.07) is 10.2. The lowest BCUT2D eigenvalue weighted by Gasteiger charge is -2.32. The number of aliphatic hydroxyl groups excluding tert-OH is 1. The van der Waals surface area contributed by atoms with Gasteiger partial charge in [0.15, 0.2) is 5.96 Å². The maximum atomic E-state index is 15.5. The predicted octanol–water partition coefficient (Wildman–Crippen LogP) is -0.0701. The quantitative estimate of drug-likeness (QED) is 0.0154. The second-order valence-electron chi connectivity index (χ2n) is 37.1. The molecule has 1 aliphatic heterocycles. The lowest BCUT2D eigenvalue weighted by molar-refractivity contribution is -0.143. The van der Waals surface area contributed by atoms with Crippen LogP contribution in [0.1, 0.15) is 149 Å². The van der Waals surface area contributed by atoms with E-state index in [1.807, 2.05) is 30.3 Å². The van der Waals surface area contributed by atoms with Gasteiger partial charge < -0.3 is 127 Å². The monoisotopic (exact) mass is 2020 g/mol. The molecule has 45 heteroatoms. The number of nitrogens with zero attached hydrogens (tertiary/aromatic N) is 1. The molecule has 780 valence electrons. The van der Waals surface area contributed by atoms with E-state index >= 15 is 33.6 Å². The average Bonchev–Trinajstić information content (AvgIpc) is 1.66. The fraction of sp³-hybridized carbons (Fsp3) is 0.475. The molecule has 0 aliphatic carbocycles. The Balaban J connectivity index is 1.36. The topological polar surface area (TPSA) is 701 Å². The number of hydrogen-bond acceptors (Lipinski definition) is 23. The number of phenols is 1. The molecule has 26 N–H and O–H groups in total. The van der Waals surface area contributed by atoms with Crippen LogP contribution in [0.3, 0.4) is 0 Å². The zero-order chi connectivity index (χ0) is 106. The van der Waals surface area contributed by atoms with Gasteiger partial charge in [-0.25, -0.2) is 0 Å². The predicted molar refractivity (Wildman–Crippen MR) is 531 cm³/mol. The van der Waals surface area contributed by atoms with Crippen LogP contribution in [0, 0.1) is 29.1 Å². The number of benzene rings is 5. The summed E-state index contributed by atoms with van der Waals surface area (Å²) in [4.78, 5) is 279. The number of amides is 16. The van der Waals surface area contributed by atoms with Gasteiger partial charge in [-0.3, -0.25) is 96.5 Å². The van der Waals surface area contributed by atoms with Gasteiger partial charge in [-0.05, 0) is 128 Å². The number of aliphatic hydroxyl groups is 1. The molecule has 6 aromatic rings. The Morgan fingerprint density at radius 1 is 0.458 bits per heavy atom. The number of nitrogens with two attached hydrogens (primary N) is 2. The van der Waals surface area contributed by atoms with E-state index in [-0.39, 0.29) is 56.4 Å². The van der Waals surface area contributed by atoms with Crippen LogP contribution in [0.2, 0.25) is 0 Å². The number of phenolic OH excluding ortho intramolecular Hbond substituents is 1. The highest BCUT2D eigenvalue weighted by molar-refractivity contribution is 8.00. The number of H-pyrrole nitrogens is 1. The molecule has 0 saturated carbocycles. The van der Waals surface area contributed by atoms with Gasteiger partial charge in [-0.1, -0.05) is 171 Å². The van der Waals surface area contributed by atoms with Crippen LogP contribution in [0.25, 0.3) is 22.0 Å². The van der Waals surface area contributed by atoms with Crippen LogP contribution in [-0.4, -0.2) is 276 Å². The van der Waals surface area contributed by atoms with E-state index < -0.39 is 295 Å². The highest BCUT2D eigenvalue weighted by Gasteiger charge is 2.42. The third kappa shape index (κ3) is 37.4. The first kappa shape index (κ1) is 116. The molecule has 0 unspecified atom stereocenters. The number of fused-ring (bicyclic) bond motifs is 1. The van der Waals surface area contributed by atoms with Crippen molar-refractivity contribution in [2.45, 2.75) is 249 Å². The number of guanidine groups is 1. The number of nitrogens with one attached hydrogen (secondary N) is 17. The third-order valence-corrected chi connectivity index (χ3v) is 24.7. The zero-order valence-electron chi connectivity index (χ0n) is 82.1. The van der Waals surface area contributed by atoms with E-state index in [1.54, 1.807) is 107 Å². The number of carbonyl (C=O) groups is 19. The summed E-state index contributed by atoms with van der Waals surface area (Å²) in [7, 11) is 1.17. The molecule has 44 nitrogen and oxygen atoms in total. The number of rotatable bonds is 31. The number of aromatic hydroxyl groups is 1. The molecule has 1 aromatic heterocycles. The molecule has 7 rings (SSSR count). The number of aliphatic carboxylic acids is 3. The van der Waals surface area contributed by atoms with Crippen molar-refractivity contribution < 1.29 is 117 Å². The third-order valence-electron chi connectivity index (χ3n) is 23.7. The number of carboxylic acids is 3. The summed E-state index contributed by atoms with van der Waals surface area (Å²) < 4.78 is 0. The van der Waals surface area contributed by atoms with Gasteiger partial charge in [-0.2, -0.15) is 0 Å². The van der Waals surface area contributed by atoms with Crippen molar-refractivity contribution in [3.63, 3.8) is 0 Å². The molecule has 0 bridgehead atoms. The smallest absolute Gasteiger partial charge is 0.305 e. The number of para-hydroxylation sites is 1. The highest BCUT2D eigenvalue weighted by atomic mass is 32.2. The van der Waals surface area contributed by atoms with Gasteiger partial charge in [-0.15, -0.1) is 11.8 Å².